The minimum Gasteiger partial charge on any atom is -0.462 e. The first-order chi connectivity index (χ1) is 6.53. The molecule has 0 aliphatic carbocycles. The molecule has 2 aliphatic rings. The molecule has 0 aromatic carbocycles. The second-order valence-electron chi connectivity index (χ2n) is 4.97. The van der Waals surface area contributed by atoms with E-state index in [0.717, 1.165) is 6.04 Å². The van der Waals surface area contributed by atoms with Gasteiger partial charge in [-0.15, -0.1) is 0 Å². The van der Waals surface area contributed by atoms with Gasteiger partial charge < -0.3 is 4.74 Å². The SMILES string of the molecule is C1CCN2CC2C1.CC(C)(C)OC=O. The first-order valence-electron chi connectivity index (χ1n) is 5.38. The summed E-state index contributed by atoms with van der Waals surface area (Å²) in [5.41, 5.74) is -0.318. The molecule has 0 bridgehead atoms. The molecule has 2 fully saturated rings. The van der Waals surface area contributed by atoms with Crippen molar-refractivity contribution in [1.82, 2.24) is 4.90 Å². The molecule has 0 N–H and O–H groups in total. The first kappa shape index (κ1) is 11.5. The summed E-state index contributed by atoms with van der Waals surface area (Å²) in [6, 6.07) is 1.04. The van der Waals surface area contributed by atoms with Crippen LogP contribution in [0, 0.1) is 0 Å². The van der Waals surface area contributed by atoms with Gasteiger partial charge in [-0.25, -0.2) is 0 Å². The molecule has 2 atom stereocenters. The lowest BCUT2D eigenvalue weighted by molar-refractivity contribution is -0.138. The van der Waals surface area contributed by atoms with Crippen LogP contribution in [0.2, 0.25) is 0 Å². The molecule has 82 valence electrons. The van der Waals surface area contributed by atoms with E-state index in [2.05, 4.69) is 9.64 Å². The lowest BCUT2D eigenvalue weighted by atomic mass is 10.1. The van der Waals surface area contributed by atoms with Crippen molar-refractivity contribution >= 4 is 6.47 Å². The topological polar surface area (TPSA) is 29.3 Å². The average molecular weight is 199 g/mol. The Morgan fingerprint density at radius 1 is 1.36 bits per heavy atom. The van der Waals surface area contributed by atoms with E-state index < -0.39 is 0 Å². The van der Waals surface area contributed by atoms with E-state index in [1.54, 1.807) is 0 Å². The van der Waals surface area contributed by atoms with Crippen LogP contribution in [0.15, 0.2) is 0 Å². The maximum absolute atomic E-state index is 9.60. The Labute approximate surface area is 86.4 Å². The Morgan fingerprint density at radius 2 is 2.07 bits per heavy atom. The second kappa shape index (κ2) is 4.78. The standard InChI is InChI=1S/C6H11N.C5H10O2/c1-2-4-7-5-6(7)3-1;1-5(2,3)7-4-6/h6H,1-5H2;4H,1-3H3. The van der Waals surface area contributed by atoms with Crippen LogP contribution >= 0.6 is 0 Å². The van der Waals surface area contributed by atoms with Gasteiger partial charge in [0, 0.05) is 12.6 Å². The highest BCUT2D eigenvalue weighted by atomic mass is 16.5. The fraction of sp³-hybridized carbons (Fsp3) is 0.909. The van der Waals surface area contributed by atoms with E-state index in [0.29, 0.717) is 6.47 Å². The Morgan fingerprint density at radius 3 is 2.36 bits per heavy atom. The number of hydrogen-bond acceptors (Lipinski definition) is 3. The lowest BCUT2D eigenvalue weighted by Gasteiger charge is -2.14. The molecule has 2 heterocycles. The van der Waals surface area contributed by atoms with Crippen molar-refractivity contribution in [2.75, 3.05) is 13.1 Å². The van der Waals surface area contributed by atoms with Gasteiger partial charge in [0.05, 0.1) is 0 Å². The summed E-state index contributed by atoms with van der Waals surface area (Å²) in [6.45, 7) is 8.73. The van der Waals surface area contributed by atoms with Gasteiger partial charge in [-0.3, -0.25) is 9.69 Å². The summed E-state index contributed by atoms with van der Waals surface area (Å²) in [5.74, 6) is 0. The van der Waals surface area contributed by atoms with Gasteiger partial charge >= 0.3 is 0 Å². The Kier molecular flexibility index (Phi) is 3.93. The number of ether oxygens (including phenoxy) is 1. The summed E-state index contributed by atoms with van der Waals surface area (Å²) >= 11 is 0. The fourth-order valence-corrected chi connectivity index (χ4v) is 1.61. The van der Waals surface area contributed by atoms with E-state index in [9.17, 15) is 4.79 Å². The van der Waals surface area contributed by atoms with Crippen molar-refractivity contribution < 1.29 is 9.53 Å². The fourth-order valence-electron chi connectivity index (χ4n) is 1.61. The van der Waals surface area contributed by atoms with Crippen LogP contribution in [0.1, 0.15) is 40.0 Å². The summed E-state index contributed by atoms with van der Waals surface area (Å²) < 4.78 is 4.55. The average Bonchev–Trinajstić information content (AvgIpc) is 2.80. The number of fused-ring (bicyclic) bond motifs is 1. The highest BCUT2D eigenvalue weighted by molar-refractivity contribution is 5.37. The van der Waals surface area contributed by atoms with Gasteiger partial charge in [0.2, 0.25) is 0 Å². The number of nitrogens with zero attached hydrogens (tertiary/aromatic N) is 1. The third-order valence-corrected chi connectivity index (χ3v) is 2.46. The minimum absolute atomic E-state index is 0.318. The maximum atomic E-state index is 9.60. The van der Waals surface area contributed by atoms with Crippen LogP contribution in [0.3, 0.4) is 0 Å². The first-order valence-corrected chi connectivity index (χ1v) is 5.38. The molecular weight excluding hydrogens is 178 g/mol. The third kappa shape index (κ3) is 4.61. The van der Waals surface area contributed by atoms with Crippen molar-refractivity contribution in [2.24, 2.45) is 0 Å². The highest BCUT2D eigenvalue weighted by Crippen LogP contribution is 2.27. The van der Waals surface area contributed by atoms with E-state index in [1.165, 1.54) is 32.4 Å². The van der Waals surface area contributed by atoms with Crippen LogP contribution in [0.25, 0.3) is 0 Å². The Hall–Kier alpha value is -0.570. The van der Waals surface area contributed by atoms with Crippen molar-refractivity contribution in [3.8, 4) is 0 Å². The van der Waals surface area contributed by atoms with Gasteiger partial charge in [-0.1, -0.05) is 6.42 Å². The number of rotatable bonds is 1. The summed E-state index contributed by atoms with van der Waals surface area (Å²) in [7, 11) is 0. The Balaban J connectivity index is 0.000000140. The largest absolute Gasteiger partial charge is 0.462 e. The molecule has 0 aromatic heterocycles. The quantitative estimate of drug-likeness (QED) is 0.476. The number of carbonyl (C=O) groups is 1. The number of piperidine rings is 1. The van der Waals surface area contributed by atoms with Crippen LogP contribution in [-0.4, -0.2) is 36.1 Å². The molecule has 0 spiro atoms. The molecule has 2 unspecified atom stereocenters. The maximum Gasteiger partial charge on any atom is 0.293 e. The lowest BCUT2D eigenvalue weighted by Crippen LogP contribution is -2.17. The van der Waals surface area contributed by atoms with Crippen molar-refractivity contribution in [2.45, 2.75) is 51.7 Å². The summed E-state index contributed by atoms with van der Waals surface area (Å²) in [4.78, 5) is 12.2. The minimum atomic E-state index is -0.318. The molecule has 3 nitrogen and oxygen atoms in total. The van der Waals surface area contributed by atoms with Gasteiger partial charge in [-0.2, -0.15) is 0 Å². The summed E-state index contributed by atoms with van der Waals surface area (Å²) in [5, 5.41) is 0. The van der Waals surface area contributed by atoms with Crippen LogP contribution in [0.4, 0.5) is 0 Å². The molecule has 0 saturated carbocycles. The van der Waals surface area contributed by atoms with Crippen molar-refractivity contribution in [3.05, 3.63) is 0 Å². The molecule has 2 saturated heterocycles. The van der Waals surface area contributed by atoms with Crippen molar-refractivity contribution in [3.63, 3.8) is 0 Å². The second-order valence-corrected chi connectivity index (χ2v) is 4.97. The Bertz CT molecular complexity index is 176. The van der Waals surface area contributed by atoms with Gasteiger partial charge in [-0.05, 0) is 40.2 Å². The van der Waals surface area contributed by atoms with Gasteiger partial charge in [0.1, 0.15) is 5.60 Å². The zero-order chi connectivity index (χ0) is 10.6. The van der Waals surface area contributed by atoms with Crippen molar-refractivity contribution in [1.29, 1.82) is 0 Å². The zero-order valence-corrected chi connectivity index (χ0v) is 9.45. The molecule has 14 heavy (non-hydrogen) atoms. The van der Waals surface area contributed by atoms with E-state index >= 15 is 0 Å². The molecular formula is C11H21NO2. The molecule has 2 rings (SSSR count). The molecule has 0 aromatic rings. The van der Waals surface area contributed by atoms with Gasteiger partial charge in [0.15, 0.2) is 0 Å². The smallest absolute Gasteiger partial charge is 0.293 e. The third-order valence-electron chi connectivity index (χ3n) is 2.46. The zero-order valence-electron chi connectivity index (χ0n) is 9.45. The highest BCUT2D eigenvalue weighted by Gasteiger charge is 2.34. The van der Waals surface area contributed by atoms with Crippen LogP contribution < -0.4 is 0 Å². The van der Waals surface area contributed by atoms with Crippen LogP contribution in [0.5, 0.6) is 0 Å². The normalized spacial score (nSPS) is 29.4. The monoisotopic (exact) mass is 199 g/mol. The number of hydrogen-bond donors (Lipinski definition) is 0. The number of carbonyl (C=O) groups excluding carboxylic acids is 1. The molecule has 2 aliphatic heterocycles. The van der Waals surface area contributed by atoms with E-state index in [-0.39, 0.29) is 5.60 Å². The summed E-state index contributed by atoms with van der Waals surface area (Å²) in [6.07, 6.45) is 4.43. The van der Waals surface area contributed by atoms with E-state index in [4.69, 9.17) is 0 Å². The van der Waals surface area contributed by atoms with Gasteiger partial charge in [0.25, 0.3) is 6.47 Å². The molecule has 3 heteroatoms. The molecule has 0 radical (unpaired) electrons. The molecule has 0 amide bonds. The van der Waals surface area contributed by atoms with E-state index in [1.807, 2.05) is 20.8 Å². The predicted octanol–water partition coefficient (Wildman–Crippen LogP) is 1.81. The predicted molar refractivity (Wildman–Crippen MR) is 56.1 cm³/mol. The van der Waals surface area contributed by atoms with Crippen LogP contribution in [-0.2, 0) is 9.53 Å².